The minimum Gasteiger partial charge on any atom is -0.309 e. The van der Waals surface area contributed by atoms with Gasteiger partial charge in [-0.1, -0.05) is 29.3 Å². The van der Waals surface area contributed by atoms with Crippen molar-refractivity contribution in [2.75, 3.05) is 5.32 Å². The van der Waals surface area contributed by atoms with Gasteiger partial charge in [0.1, 0.15) is 17.4 Å². The predicted octanol–water partition coefficient (Wildman–Crippen LogP) is 2.68. The molecule has 0 aliphatic heterocycles. The summed E-state index contributed by atoms with van der Waals surface area (Å²) in [6.07, 6.45) is 1.55. The largest absolute Gasteiger partial charge is 0.369 e. The zero-order valence-electron chi connectivity index (χ0n) is 14.7. The molecule has 0 unspecified atom stereocenters. The van der Waals surface area contributed by atoms with Gasteiger partial charge in [-0.25, -0.2) is 9.48 Å². The maximum Gasteiger partial charge on any atom is 0.369 e. The molecule has 0 fully saturated rings. The fourth-order valence-corrected chi connectivity index (χ4v) is 3.73. The molecule has 0 aliphatic rings. The molecule has 12 heteroatoms. The van der Waals surface area contributed by atoms with E-state index in [4.69, 9.17) is 23.2 Å². The third-order valence-electron chi connectivity index (χ3n) is 3.97. The van der Waals surface area contributed by atoms with Gasteiger partial charge in [0.25, 0.3) is 0 Å². The molecule has 0 spiro atoms. The SMILES string of the molecule is O=C(Cn1nnn(-c2cccs2)c1=O)Nc1ccnn1Cc1ccc(Cl)cc1Cl. The molecular formula is C17H13Cl2N7O2S. The van der Waals surface area contributed by atoms with E-state index in [1.54, 1.807) is 47.3 Å². The number of carbonyl (C=O) groups excluding carboxylic acids is 1. The Kier molecular flexibility index (Phi) is 5.47. The number of anilines is 1. The molecule has 4 rings (SSSR count). The third kappa shape index (κ3) is 4.24. The Morgan fingerprint density at radius 3 is 2.76 bits per heavy atom. The van der Waals surface area contributed by atoms with Gasteiger partial charge in [0.15, 0.2) is 0 Å². The van der Waals surface area contributed by atoms with E-state index in [0.29, 0.717) is 27.4 Å². The molecule has 0 atom stereocenters. The van der Waals surface area contributed by atoms with Crippen molar-refractivity contribution in [2.45, 2.75) is 13.1 Å². The molecule has 3 aromatic heterocycles. The maximum absolute atomic E-state index is 12.4. The fourth-order valence-electron chi connectivity index (χ4n) is 2.60. The van der Waals surface area contributed by atoms with Crippen LogP contribution >= 0.6 is 34.5 Å². The maximum atomic E-state index is 12.4. The lowest BCUT2D eigenvalue weighted by Crippen LogP contribution is -2.30. The standard InChI is InChI=1S/C17H13Cl2N7O2S/c18-12-4-3-11(13(19)8-12)9-24-14(5-6-20-24)21-15(27)10-25-17(28)26(23-22-25)16-2-1-7-29-16/h1-8H,9-10H2,(H,21,27). The smallest absolute Gasteiger partial charge is 0.309 e. The lowest BCUT2D eigenvalue weighted by Gasteiger charge is -2.10. The Morgan fingerprint density at radius 2 is 2.00 bits per heavy atom. The lowest BCUT2D eigenvalue weighted by atomic mass is 10.2. The van der Waals surface area contributed by atoms with E-state index < -0.39 is 11.6 Å². The molecule has 1 amide bonds. The second-order valence-electron chi connectivity index (χ2n) is 5.94. The molecule has 0 aliphatic carbocycles. The zero-order chi connectivity index (χ0) is 20.4. The summed E-state index contributed by atoms with van der Waals surface area (Å²) in [5.41, 5.74) is 0.300. The number of nitrogens with zero attached hydrogens (tertiary/aromatic N) is 6. The zero-order valence-corrected chi connectivity index (χ0v) is 17.0. The fraction of sp³-hybridized carbons (Fsp3) is 0.118. The average Bonchev–Trinajstić information content (AvgIpc) is 3.41. The lowest BCUT2D eigenvalue weighted by molar-refractivity contribution is -0.117. The number of tetrazole rings is 1. The van der Waals surface area contributed by atoms with Gasteiger partial charge in [0, 0.05) is 16.1 Å². The van der Waals surface area contributed by atoms with Crippen LogP contribution in [-0.4, -0.2) is 35.5 Å². The van der Waals surface area contributed by atoms with E-state index in [9.17, 15) is 9.59 Å². The van der Waals surface area contributed by atoms with Gasteiger partial charge in [0.05, 0.1) is 12.7 Å². The molecule has 9 nitrogen and oxygen atoms in total. The van der Waals surface area contributed by atoms with Gasteiger partial charge in [-0.15, -0.1) is 11.3 Å². The Labute approximate surface area is 178 Å². The summed E-state index contributed by atoms with van der Waals surface area (Å²) in [4.78, 5) is 24.8. The van der Waals surface area contributed by atoms with Gasteiger partial charge >= 0.3 is 5.69 Å². The van der Waals surface area contributed by atoms with Crippen molar-refractivity contribution >= 4 is 46.3 Å². The van der Waals surface area contributed by atoms with Crippen molar-refractivity contribution in [3.63, 3.8) is 0 Å². The van der Waals surface area contributed by atoms with E-state index in [2.05, 4.69) is 20.8 Å². The summed E-state index contributed by atoms with van der Waals surface area (Å²) < 4.78 is 3.72. The summed E-state index contributed by atoms with van der Waals surface area (Å²) in [6, 6.07) is 10.3. The monoisotopic (exact) mass is 449 g/mol. The second kappa shape index (κ2) is 8.19. The van der Waals surface area contributed by atoms with E-state index in [1.807, 2.05) is 5.38 Å². The van der Waals surface area contributed by atoms with Crippen LogP contribution in [0.15, 0.2) is 52.8 Å². The van der Waals surface area contributed by atoms with Crippen LogP contribution in [-0.2, 0) is 17.9 Å². The molecule has 3 heterocycles. The van der Waals surface area contributed by atoms with Gasteiger partial charge in [-0.2, -0.15) is 14.5 Å². The first-order valence-electron chi connectivity index (χ1n) is 8.33. The topological polar surface area (TPSA) is 99.6 Å². The van der Waals surface area contributed by atoms with Crippen molar-refractivity contribution in [2.24, 2.45) is 0 Å². The van der Waals surface area contributed by atoms with Crippen molar-refractivity contribution in [3.05, 3.63) is 74.1 Å². The van der Waals surface area contributed by atoms with Crippen LogP contribution in [0.5, 0.6) is 0 Å². The number of hydrogen-bond donors (Lipinski definition) is 1. The van der Waals surface area contributed by atoms with Crippen LogP contribution in [0.1, 0.15) is 5.56 Å². The number of halogens is 2. The highest BCUT2D eigenvalue weighted by Gasteiger charge is 2.15. The summed E-state index contributed by atoms with van der Waals surface area (Å²) in [5, 5.41) is 18.0. The van der Waals surface area contributed by atoms with Crippen LogP contribution in [0.4, 0.5) is 5.82 Å². The molecule has 0 bridgehead atoms. The van der Waals surface area contributed by atoms with Crippen LogP contribution in [0.2, 0.25) is 10.0 Å². The van der Waals surface area contributed by atoms with Crippen molar-refractivity contribution in [3.8, 4) is 5.00 Å². The van der Waals surface area contributed by atoms with Crippen LogP contribution in [0, 0.1) is 0 Å². The van der Waals surface area contributed by atoms with Crippen molar-refractivity contribution in [1.82, 2.24) is 29.6 Å². The van der Waals surface area contributed by atoms with Gasteiger partial charge in [-0.3, -0.25) is 4.79 Å². The van der Waals surface area contributed by atoms with Gasteiger partial charge in [0.2, 0.25) is 5.91 Å². The molecule has 148 valence electrons. The highest BCUT2D eigenvalue weighted by atomic mass is 35.5. The first kappa shape index (κ1) is 19.4. The minimum atomic E-state index is -0.496. The van der Waals surface area contributed by atoms with E-state index >= 15 is 0 Å². The summed E-state index contributed by atoms with van der Waals surface area (Å²) in [7, 11) is 0. The number of benzene rings is 1. The Hall–Kier alpha value is -2.95. The normalized spacial score (nSPS) is 11.0. The minimum absolute atomic E-state index is 0.281. The third-order valence-corrected chi connectivity index (χ3v) is 5.40. The number of nitrogens with one attached hydrogen (secondary N) is 1. The number of carbonyl (C=O) groups is 1. The second-order valence-corrected chi connectivity index (χ2v) is 7.71. The van der Waals surface area contributed by atoms with Crippen LogP contribution in [0.25, 0.3) is 5.00 Å². The van der Waals surface area contributed by atoms with E-state index in [1.165, 1.54) is 11.3 Å². The first-order chi connectivity index (χ1) is 14.0. The first-order valence-corrected chi connectivity index (χ1v) is 9.97. The molecule has 0 radical (unpaired) electrons. The Balaban J connectivity index is 1.46. The molecular weight excluding hydrogens is 437 g/mol. The average molecular weight is 450 g/mol. The summed E-state index contributed by atoms with van der Waals surface area (Å²) >= 11 is 13.5. The number of rotatable bonds is 6. The molecule has 0 saturated carbocycles. The van der Waals surface area contributed by atoms with Crippen molar-refractivity contribution in [1.29, 1.82) is 0 Å². The highest BCUT2D eigenvalue weighted by molar-refractivity contribution is 7.12. The van der Waals surface area contributed by atoms with Crippen LogP contribution < -0.4 is 11.0 Å². The Bertz CT molecular complexity index is 1210. The summed E-state index contributed by atoms with van der Waals surface area (Å²) in [5.74, 6) is 0.0222. The molecule has 0 saturated heterocycles. The highest BCUT2D eigenvalue weighted by Crippen LogP contribution is 2.22. The quantitative estimate of drug-likeness (QED) is 0.487. The van der Waals surface area contributed by atoms with Crippen molar-refractivity contribution < 1.29 is 4.79 Å². The molecule has 1 N–H and O–H groups in total. The van der Waals surface area contributed by atoms with Gasteiger partial charge in [-0.05, 0) is 45.6 Å². The number of thiophene rings is 1. The number of aromatic nitrogens is 6. The number of hydrogen-bond acceptors (Lipinski definition) is 6. The Morgan fingerprint density at radius 1 is 1.14 bits per heavy atom. The molecule has 1 aromatic carbocycles. The van der Waals surface area contributed by atoms with E-state index in [-0.39, 0.29) is 6.54 Å². The van der Waals surface area contributed by atoms with Gasteiger partial charge < -0.3 is 5.32 Å². The molecule has 29 heavy (non-hydrogen) atoms. The summed E-state index contributed by atoms with van der Waals surface area (Å²) in [6.45, 7) is 0.0597. The van der Waals surface area contributed by atoms with E-state index in [0.717, 1.165) is 14.9 Å². The molecule has 4 aromatic rings. The number of amides is 1. The predicted molar refractivity (Wildman–Crippen MR) is 110 cm³/mol. The van der Waals surface area contributed by atoms with Crippen LogP contribution in [0.3, 0.4) is 0 Å².